The number of nitrogens with two attached hydrogens (primary N) is 1. The number of carbonyl (C=O) groups excluding carboxylic acids is 1. The van der Waals surface area contributed by atoms with Crippen molar-refractivity contribution in [3.8, 4) is 17.0 Å². The lowest BCUT2D eigenvalue weighted by atomic mass is 9.78. The molecule has 0 aliphatic carbocycles. The Bertz CT molecular complexity index is 763. The van der Waals surface area contributed by atoms with Crippen molar-refractivity contribution in [2.24, 2.45) is 5.73 Å². The summed E-state index contributed by atoms with van der Waals surface area (Å²) in [5, 5.41) is 16.4. The molecule has 1 amide bonds. The van der Waals surface area contributed by atoms with Gasteiger partial charge >= 0.3 is 0 Å². The van der Waals surface area contributed by atoms with E-state index in [4.69, 9.17) is 5.73 Å². The molecule has 0 aliphatic rings. The van der Waals surface area contributed by atoms with Crippen LogP contribution in [-0.2, 0) is 22.2 Å². The molecule has 1 aromatic carbocycles. The highest BCUT2D eigenvalue weighted by Gasteiger charge is 2.27. The van der Waals surface area contributed by atoms with Crippen LogP contribution in [0.15, 0.2) is 17.5 Å². The average Bonchev–Trinajstić information content (AvgIpc) is 2.99. The number of carbonyl (C=O) groups is 1. The molecule has 0 fully saturated rings. The van der Waals surface area contributed by atoms with Crippen molar-refractivity contribution < 1.29 is 9.90 Å². The first-order chi connectivity index (χ1) is 11.9. The normalized spacial score (nSPS) is 12.3. The summed E-state index contributed by atoms with van der Waals surface area (Å²) in [6, 6.07) is 4.03. The Balaban J connectivity index is 2.47. The van der Waals surface area contributed by atoms with Crippen LogP contribution in [0.2, 0.25) is 0 Å². The van der Waals surface area contributed by atoms with Crippen molar-refractivity contribution in [3.63, 3.8) is 0 Å². The van der Waals surface area contributed by atoms with Gasteiger partial charge < -0.3 is 16.2 Å². The molecule has 0 saturated carbocycles. The molecule has 0 spiro atoms. The topological polar surface area (TPSA) is 88.2 Å². The van der Waals surface area contributed by atoms with Crippen LogP contribution in [0.5, 0.6) is 5.75 Å². The van der Waals surface area contributed by atoms with Gasteiger partial charge in [-0.2, -0.15) is 0 Å². The molecule has 6 heteroatoms. The van der Waals surface area contributed by atoms with Crippen LogP contribution in [0, 0.1) is 0 Å². The highest BCUT2D eigenvalue weighted by molar-refractivity contribution is 7.09. The lowest BCUT2D eigenvalue weighted by Crippen LogP contribution is -2.29. The van der Waals surface area contributed by atoms with Crippen molar-refractivity contribution >= 4 is 17.2 Å². The second-order valence-electron chi connectivity index (χ2n) is 8.53. The van der Waals surface area contributed by atoms with Gasteiger partial charge in [0.25, 0.3) is 0 Å². The predicted octanol–water partition coefficient (Wildman–Crippen LogP) is 3.69. The van der Waals surface area contributed by atoms with E-state index in [-0.39, 0.29) is 23.3 Å². The zero-order chi connectivity index (χ0) is 19.7. The molecular formula is C20H29N3O2S. The number of amides is 1. The molecule has 0 bridgehead atoms. The molecule has 0 aliphatic heterocycles. The Morgan fingerprint density at radius 1 is 1.15 bits per heavy atom. The molecule has 0 atom stereocenters. The number of phenols is 1. The average molecular weight is 376 g/mol. The number of phenolic OH excluding ortho intramolecular Hbond substituents is 1. The fraction of sp³-hybridized carbons (Fsp3) is 0.500. The first-order valence-electron chi connectivity index (χ1n) is 8.73. The molecule has 4 N–H and O–H groups in total. The molecule has 2 aromatic rings. The number of hydrogen-bond donors (Lipinski definition) is 3. The number of benzene rings is 1. The quantitative estimate of drug-likeness (QED) is 0.760. The summed E-state index contributed by atoms with van der Waals surface area (Å²) in [5.74, 6) is 0.163. The number of aromatic hydroxyl groups is 1. The summed E-state index contributed by atoms with van der Waals surface area (Å²) in [6.45, 7) is 12.9. The molecule has 1 aromatic heterocycles. The lowest BCUT2D eigenvalue weighted by molar-refractivity contribution is -0.119. The number of nitrogens with zero attached hydrogens (tertiary/aromatic N) is 1. The lowest BCUT2D eigenvalue weighted by Gasteiger charge is -2.28. The third kappa shape index (κ3) is 4.62. The van der Waals surface area contributed by atoms with Gasteiger partial charge in [-0.3, -0.25) is 4.79 Å². The van der Waals surface area contributed by atoms with Gasteiger partial charge in [0.2, 0.25) is 5.91 Å². The van der Waals surface area contributed by atoms with E-state index in [1.54, 1.807) is 0 Å². The largest absolute Gasteiger partial charge is 0.507 e. The zero-order valence-corrected chi connectivity index (χ0v) is 17.3. The Hall–Kier alpha value is -1.92. The smallest absolute Gasteiger partial charge is 0.234 e. The van der Waals surface area contributed by atoms with E-state index in [1.165, 1.54) is 11.3 Å². The summed E-state index contributed by atoms with van der Waals surface area (Å²) in [7, 11) is 0. The summed E-state index contributed by atoms with van der Waals surface area (Å²) in [4.78, 5) is 16.0. The summed E-state index contributed by atoms with van der Waals surface area (Å²) < 4.78 is 0. The van der Waals surface area contributed by atoms with Crippen LogP contribution in [0.25, 0.3) is 11.3 Å². The van der Waals surface area contributed by atoms with Crippen LogP contribution in [0.4, 0.5) is 0 Å². The Labute approximate surface area is 159 Å². The van der Waals surface area contributed by atoms with Crippen LogP contribution in [-0.4, -0.2) is 22.5 Å². The van der Waals surface area contributed by atoms with Crippen molar-refractivity contribution in [3.05, 3.63) is 33.6 Å². The van der Waals surface area contributed by atoms with Gasteiger partial charge in [-0.25, -0.2) is 4.98 Å². The van der Waals surface area contributed by atoms with Gasteiger partial charge in [0.05, 0.1) is 18.8 Å². The third-order valence-corrected chi connectivity index (χ3v) is 5.04. The van der Waals surface area contributed by atoms with E-state index in [9.17, 15) is 9.90 Å². The molecule has 2 rings (SSSR count). The first kappa shape index (κ1) is 20.4. The highest BCUT2D eigenvalue weighted by atomic mass is 32.1. The molecular weight excluding hydrogens is 346 g/mol. The Kier molecular flexibility index (Phi) is 5.78. The van der Waals surface area contributed by atoms with Gasteiger partial charge in [0.1, 0.15) is 10.8 Å². The van der Waals surface area contributed by atoms with Gasteiger partial charge in [-0.1, -0.05) is 41.5 Å². The monoisotopic (exact) mass is 375 g/mol. The van der Waals surface area contributed by atoms with Crippen molar-refractivity contribution in [2.45, 2.75) is 58.9 Å². The summed E-state index contributed by atoms with van der Waals surface area (Å²) >= 11 is 1.50. The number of nitrogens with one attached hydrogen (secondary N) is 1. The summed E-state index contributed by atoms with van der Waals surface area (Å²) in [6.07, 6.45) is 0. The Morgan fingerprint density at radius 3 is 2.15 bits per heavy atom. The number of thiazole rings is 1. The standard InChI is InChI=1S/C20H29N3O2S/c1-19(2,3)13-7-12(8-14(18(13)25)20(4,5)6)15-11-26-17(23-15)10-22-16(24)9-21/h7-8,11,25H,9-10,21H2,1-6H3,(H,22,24). The predicted molar refractivity (Wildman–Crippen MR) is 108 cm³/mol. The second kappa shape index (κ2) is 7.37. The van der Waals surface area contributed by atoms with Gasteiger partial charge in [0.15, 0.2) is 0 Å². The molecule has 5 nitrogen and oxygen atoms in total. The number of aromatic nitrogens is 1. The molecule has 26 heavy (non-hydrogen) atoms. The molecule has 1 heterocycles. The SMILES string of the molecule is CC(C)(C)c1cc(-c2csc(CNC(=O)CN)n2)cc(C(C)(C)C)c1O. The Morgan fingerprint density at radius 2 is 1.69 bits per heavy atom. The summed E-state index contributed by atoms with van der Waals surface area (Å²) in [5.41, 5.74) is 8.58. The van der Waals surface area contributed by atoms with E-state index >= 15 is 0 Å². The molecule has 0 radical (unpaired) electrons. The molecule has 0 unspecified atom stereocenters. The second-order valence-corrected chi connectivity index (χ2v) is 9.47. The van der Waals surface area contributed by atoms with Crippen LogP contribution >= 0.6 is 11.3 Å². The van der Waals surface area contributed by atoms with Crippen LogP contribution < -0.4 is 11.1 Å². The maximum atomic E-state index is 11.3. The van der Waals surface area contributed by atoms with Crippen LogP contribution in [0.1, 0.15) is 57.7 Å². The van der Waals surface area contributed by atoms with E-state index in [1.807, 2.05) is 17.5 Å². The maximum Gasteiger partial charge on any atom is 0.234 e. The number of rotatable bonds is 4. The fourth-order valence-electron chi connectivity index (χ4n) is 2.70. The molecule has 142 valence electrons. The zero-order valence-electron chi connectivity index (χ0n) is 16.4. The van der Waals surface area contributed by atoms with E-state index in [0.717, 1.165) is 27.4 Å². The third-order valence-electron chi connectivity index (χ3n) is 4.20. The van der Waals surface area contributed by atoms with Crippen LogP contribution in [0.3, 0.4) is 0 Å². The van der Waals surface area contributed by atoms with E-state index in [2.05, 4.69) is 51.8 Å². The van der Waals surface area contributed by atoms with Gasteiger partial charge in [0, 0.05) is 22.1 Å². The first-order valence-corrected chi connectivity index (χ1v) is 9.61. The highest BCUT2D eigenvalue weighted by Crippen LogP contribution is 2.42. The maximum absolute atomic E-state index is 11.3. The minimum atomic E-state index is -0.198. The molecule has 0 saturated heterocycles. The van der Waals surface area contributed by atoms with Crippen molar-refractivity contribution in [1.29, 1.82) is 0 Å². The van der Waals surface area contributed by atoms with Crippen molar-refractivity contribution in [1.82, 2.24) is 10.3 Å². The van der Waals surface area contributed by atoms with E-state index < -0.39 is 0 Å². The number of hydrogen-bond acceptors (Lipinski definition) is 5. The van der Waals surface area contributed by atoms with E-state index in [0.29, 0.717) is 12.3 Å². The van der Waals surface area contributed by atoms with Gasteiger partial charge in [-0.05, 0) is 23.0 Å². The van der Waals surface area contributed by atoms with Gasteiger partial charge in [-0.15, -0.1) is 11.3 Å². The van der Waals surface area contributed by atoms with Crippen molar-refractivity contribution in [2.75, 3.05) is 6.54 Å². The minimum Gasteiger partial charge on any atom is -0.507 e. The fourth-order valence-corrected chi connectivity index (χ4v) is 3.44. The minimum absolute atomic E-state index is 0.0277.